The number of ether oxygens (including phenoxy) is 1. The zero-order valence-electron chi connectivity index (χ0n) is 18.7. The summed E-state index contributed by atoms with van der Waals surface area (Å²) in [6.07, 6.45) is 7.83. The standard InChI is InChI=1S/C27H34N2O3/c30-26(31)25-18-24(19-28-25)32-23-9-4-6-21(17-23)16-20-10-12-27(13-11-20,29-14-5-15-29)22-7-2-1-3-8-22/h1-4,6-9,17,20,24-25,28H,5,10-16,18-19H2,(H,30,31)/t20?,24-,25-,27?/m0/s1. The Labute approximate surface area is 190 Å². The molecule has 2 heterocycles. The van der Waals surface area contributed by atoms with Crippen molar-refractivity contribution >= 4 is 5.97 Å². The third-order valence-corrected chi connectivity index (χ3v) is 7.82. The molecular formula is C27H34N2O3. The first-order valence-electron chi connectivity index (χ1n) is 12.1. The monoisotopic (exact) mass is 434 g/mol. The Morgan fingerprint density at radius 1 is 1.09 bits per heavy atom. The maximum atomic E-state index is 11.2. The van der Waals surface area contributed by atoms with E-state index in [0.29, 0.717) is 18.9 Å². The molecule has 5 heteroatoms. The van der Waals surface area contributed by atoms with E-state index in [4.69, 9.17) is 9.84 Å². The Hall–Kier alpha value is -2.37. The lowest BCUT2D eigenvalue weighted by Gasteiger charge is -2.52. The van der Waals surface area contributed by atoms with E-state index >= 15 is 0 Å². The van der Waals surface area contributed by atoms with Gasteiger partial charge in [0, 0.05) is 31.6 Å². The topological polar surface area (TPSA) is 61.8 Å². The largest absolute Gasteiger partial charge is 0.489 e. The van der Waals surface area contributed by atoms with Gasteiger partial charge in [-0.15, -0.1) is 0 Å². The SMILES string of the molecule is O=C(O)[C@@H]1C[C@H](Oc2cccc(CC3CCC(c4ccccc4)(N4CCC4)CC3)c2)CN1. The summed E-state index contributed by atoms with van der Waals surface area (Å²) in [5, 5.41) is 12.2. The molecule has 2 saturated heterocycles. The highest BCUT2D eigenvalue weighted by atomic mass is 16.5. The number of nitrogens with one attached hydrogen (secondary N) is 1. The van der Waals surface area contributed by atoms with Crippen molar-refractivity contribution in [1.82, 2.24) is 10.2 Å². The second-order valence-corrected chi connectivity index (χ2v) is 9.81. The van der Waals surface area contributed by atoms with Crippen molar-refractivity contribution < 1.29 is 14.6 Å². The first kappa shape index (κ1) is 21.5. The molecule has 0 amide bonds. The van der Waals surface area contributed by atoms with Crippen LogP contribution in [0.1, 0.15) is 49.7 Å². The highest BCUT2D eigenvalue weighted by molar-refractivity contribution is 5.73. The summed E-state index contributed by atoms with van der Waals surface area (Å²) in [4.78, 5) is 13.9. The number of aliphatic carboxylic acids is 1. The average molecular weight is 435 g/mol. The maximum absolute atomic E-state index is 11.2. The molecule has 3 fully saturated rings. The number of carbonyl (C=O) groups is 1. The quantitative estimate of drug-likeness (QED) is 0.683. The van der Waals surface area contributed by atoms with Crippen LogP contribution in [0.3, 0.4) is 0 Å². The van der Waals surface area contributed by atoms with Gasteiger partial charge < -0.3 is 15.2 Å². The summed E-state index contributed by atoms with van der Waals surface area (Å²) in [5.41, 5.74) is 3.06. The molecule has 0 unspecified atom stereocenters. The summed E-state index contributed by atoms with van der Waals surface area (Å²) in [7, 11) is 0. The Morgan fingerprint density at radius 2 is 1.88 bits per heavy atom. The van der Waals surface area contributed by atoms with E-state index in [1.165, 1.54) is 56.3 Å². The van der Waals surface area contributed by atoms with Gasteiger partial charge >= 0.3 is 5.97 Å². The van der Waals surface area contributed by atoms with Crippen LogP contribution in [-0.2, 0) is 16.8 Å². The van der Waals surface area contributed by atoms with Gasteiger partial charge in [-0.1, -0.05) is 42.5 Å². The molecule has 32 heavy (non-hydrogen) atoms. The van der Waals surface area contributed by atoms with Gasteiger partial charge in [0.25, 0.3) is 0 Å². The number of hydrogen-bond acceptors (Lipinski definition) is 4. The normalized spacial score (nSPS) is 30.6. The van der Waals surface area contributed by atoms with Crippen LogP contribution < -0.4 is 10.1 Å². The van der Waals surface area contributed by atoms with E-state index in [1.54, 1.807) is 0 Å². The molecule has 3 aliphatic rings. The molecule has 2 aromatic carbocycles. The molecule has 5 nitrogen and oxygen atoms in total. The fourth-order valence-electron chi connectivity index (χ4n) is 5.89. The van der Waals surface area contributed by atoms with Crippen molar-refractivity contribution in [2.24, 2.45) is 5.92 Å². The molecule has 0 bridgehead atoms. The Kier molecular flexibility index (Phi) is 6.20. The summed E-state index contributed by atoms with van der Waals surface area (Å²) in [5.74, 6) is 0.759. The molecule has 5 rings (SSSR count). The fourth-order valence-corrected chi connectivity index (χ4v) is 5.89. The Morgan fingerprint density at radius 3 is 2.53 bits per heavy atom. The van der Waals surface area contributed by atoms with Gasteiger partial charge in [0.2, 0.25) is 0 Å². The molecule has 2 aliphatic heterocycles. The first-order valence-corrected chi connectivity index (χ1v) is 12.1. The van der Waals surface area contributed by atoms with Crippen LogP contribution in [0.5, 0.6) is 5.75 Å². The highest BCUT2D eigenvalue weighted by Gasteiger charge is 2.43. The van der Waals surface area contributed by atoms with E-state index in [2.05, 4.69) is 58.7 Å². The smallest absolute Gasteiger partial charge is 0.320 e. The van der Waals surface area contributed by atoms with Gasteiger partial charge in [0.15, 0.2) is 0 Å². The molecule has 2 N–H and O–H groups in total. The van der Waals surface area contributed by atoms with E-state index < -0.39 is 12.0 Å². The van der Waals surface area contributed by atoms with E-state index in [1.807, 2.05) is 6.07 Å². The van der Waals surface area contributed by atoms with Crippen molar-refractivity contribution in [3.8, 4) is 5.75 Å². The van der Waals surface area contributed by atoms with Crippen molar-refractivity contribution in [3.05, 3.63) is 65.7 Å². The second kappa shape index (κ2) is 9.24. The molecule has 0 radical (unpaired) electrons. The van der Waals surface area contributed by atoms with Crippen molar-refractivity contribution in [2.45, 2.75) is 62.6 Å². The van der Waals surface area contributed by atoms with E-state index in [-0.39, 0.29) is 11.6 Å². The summed E-state index contributed by atoms with van der Waals surface area (Å²) >= 11 is 0. The van der Waals surface area contributed by atoms with E-state index in [0.717, 1.165) is 12.2 Å². The number of nitrogens with zero attached hydrogens (tertiary/aromatic N) is 1. The van der Waals surface area contributed by atoms with Crippen LogP contribution in [0.25, 0.3) is 0 Å². The van der Waals surface area contributed by atoms with Crippen LogP contribution in [0.15, 0.2) is 54.6 Å². The predicted molar refractivity (Wildman–Crippen MR) is 125 cm³/mol. The van der Waals surface area contributed by atoms with Crippen LogP contribution >= 0.6 is 0 Å². The molecule has 0 aromatic heterocycles. The lowest BCUT2D eigenvalue weighted by Crippen LogP contribution is -2.54. The second-order valence-electron chi connectivity index (χ2n) is 9.81. The van der Waals surface area contributed by atoms with E-state index in [9.17, 15) is 4.79 Å². The van der Waals surface area contributed by atoms with Crippen LogP contribution in [-0.4, -0.2) is 47.8 Å². The van der Waals surface area contributed by atoms with Crippen molar-refractivity contribution in [3.63, 3.8) is 0 Å². The number of rotatable bonds is 7. The maximum Gasteiger partial charge on any atom is 0.320 e. The number of hydrogen-bond donors (Lipinski definition) is 2. The lowest BCUT2D eigenvalue weighted by molar-refractivity contribution is -0.139. The molecular weight excluding hydrogens is 400 g/mol. The van der Waals surface area contributed by atoms with Crippen molar-refractivity contribution in [1.29, 1.82) is 0 Å². The van der Waals surface area contributed by atoms with Crippen LogP contribution in [0.2, 0.25) is 0 Å². The Bertz CT molecular complexity index is 920. The molecule has 1 aliphatic carbocycles. The summed E-state index contributed by atoms with van der Waals surface area (Å²) in [6.45, 7) is 3.05. The van der Waals surface area contributed by atoms with Gasteiger partial charge in [0.05, 0.1) is 0 Å². The van der Waals surface area contributed by atoms with Gasteiger partial charge in [-0.05, 0) is 67.7 Å². The minimum absolute atomic E-state index is 0.0796. The fraction of sp³-hybridized carbons (Fsp3) is 0.519. The number of likely N-dealkylation sites (tertiary alicyclic amines) is 1. The third-order valence-electron chi connectivity index (χ3n) is 7.82. The van der Waals surface area contributed by atoms with Crippen LogP contribution in [0, 0.1) is 5.92 Å². The average Bonchev–Trinajstić information content (AvgIpc) is 3.24. The molecule has 170 valence electrons. The number of carboxylic acid groups (broad SMARTS) is 1. The number of benzene rings is 2. The first-order chi connectivity index (χ1) is 15.6. The highest BCUT2D eigenvalue weighted by Crippen LogP contribution is 2.46. The van der Waals surface area contributed by atoms with Gasteiger partial charge in [-0.25, -0.2) is 0 Å². The van der Waals surface area contributed by atoms with Gasteiger partial charge in [0.1, 0.15) is 17.9 Å². The minimum atomic E-state index is -0.799. The lowest BCUT2D eigenvalue weighted by atomic mass is 9.69. The third kappa shape index (κ3) is 4.41. The molecule has 0 spiro atoms. The van der Waals surface area contributed by atoms with Gasteiger partial charge in [-0.2, -0.15) is 0 Å². The molecule has 1 saturated carbocycles. The number of carboxylic acids is 1. The molecule has 2 aromatic rings. The minimum Gasteiger partial charge on any atom is -0.489 e. The van der Waals surface area contributed by atoms with Crippen LogP contribution in [0.4, 0.5) is 0 Å². The summed E-state index contributed by atoms with van der Waals surface area (Å²) in [6, 6.07) is 19.1. The van der Waals surface area contributed by atoms with Gasteiger partial charge in [-0.3, -0.25) is 9.69 Å². The zero-order chi connectivity index (χ0) is 22.0. The predicted octanol–water partition coefficient (Wildman–Crippen LogP) is 4.21. The summed E-state index contributed by atoms with van der Waals surface area (Å²) < 4.78 is 6.10. The Balaban J connectivity index is 1.20. The molecule has 2 atom stereocenters. The van der Waals surface area contributed by atoms with Crippen molar-refractivity contribution in [2.75, 3.05) is 19.6 Å². The zero-order valence-corrected chi connectivity index (χ0v) is 18.7.